The number of Topliss-reactive ketones (excluding diaryl/α,β-unsaturated/α-hetero) is 1. The van der Waals surface area contributed by atoms with Crippen LogP contribution in [0.2, 0.25) is 0 Å². The molecule has 8 nitrogen and oxygen atoms in total. The second kappa shape index (κ2) is 16.5. The normalized spacial score (nSPS) is 17.8. The first kappa shape index (κ1) is 31.8. The van der Waals surface area contributed by atoms with E-state index in [0.717, 1.165) is 24.3 Å². The van der Waals surface area contributed by atoms with E-state index < -0.39 is 11.0 Å². The van der Waals surface area contributed by atoms with Gasteiger partial charge >= 0.3 is 0 Å². The Labute approximate surface area is 233 Å². The molecule has 1 saturated carbocycles. The number of nitrogens with one attached hydrogen (secondary N) is 1. The molecule has 2 aliphatic rings. The molecule has 4 rings (SSSR count). The van der Waals surface area contributed by atoms with Gasteiger partial charge in [0.1, 0.15) is 11.0 Å². The van der Waals surface area contributed by atoms with E-state index in [4.69, 9.17) is 0 Å². The summed E-state index contributed by atoms with van der Waals surface area (Å²) in [5, 5.41) is 5.78. The number of aromatic nitrogens is 1. The van der Waals surface area contributed by atoms with E-state index in [1.165, 1.54) is 26.2 Å². The molecule has 210 valence electrons. The first-order valence-electron chi connectivity index (χ1n) is 13.4. The van der Waals surface area contributed by atoms with Crippen LogP contribution in [0.4, 0.5) is 5.69 Å². The molecule has 2 fully saturated rings. The first-order chi connectivity index (χ1) is 18.2. The maximum atomic E-state index is 12.9. The van der Waals surface area contributed by atoms with Crippen molar-refractivity contribution < 1.29 is 18.6 Å². The van der Waals surface area contributed by atoms with Gasteiger partial charge in [-0.05, 0) is 50.5 Å². The van der Waals surface area contributed by atoms with Crippen molar-refractivity contribution in [1.82, 2.24) is 14.2 Å². The molecular weight excluding hydrogens is 520 g/mol. The fourth-order valence-corrected chi connectivity index (χ4v) is 6.27. The predicted molar refractivity (Wildman–Crippen MR) is 154 cm³/mol. The standard InChI is InChI=1S/C22H31N3O4S.C4H5NS.C2H6/c1-16(26)21(14-18-6-4-3-5-7-18)25-13-12-24(15-22(25)28)30(29)20-10-8-19(9-11-20)23-17(2)27;1-4-5-2-3-6-4;1-2/h8-11,18,21H,3-7,12-15H2,1-2H3,(H,23,27);2-3H,1H3;1-2H3. The van der Waals surface area contributed by atoms with Crippen molar-refractivity contribution in [3.05, 3.63) is 40.8 Å². The number of nitrogens with zero attached hydrogens (tertiary/aromatic N) is 3. The average molecular weight is 563 g/mol. The molecule has 0 radical (unpaired) electrons. The summed E-state index contributed by atoms with van der Waals surface area (Å²) < 4.78 is 14.6. The van der Waals surface area contributed by atoms with Gasteiger partial charge in [-0.25, -0.2) is 8.51 Å². The predicted octanol–water partition coefficient (Wildman–Crippen LogP) is 5.22. The van der Waals surface area contributed by atoms with Gasteiger partial charge in [0.15, 0.2) is 5.78 Å². The summed E-state index contributed by atoms with van der Waals surface area (Å²) in [5.74, 6) is 0.242. The van der Waals surface area contributed by atoms with E-state index in [0.29, 0.717) is 29.6 Å². The summed E-state index contributed by atoms with van der Waals surface area (Å²) in [5.41, 5.74) is 0.635. The largest absolute Gasteiger partial charge is 0.330 e. The van der Waals surface area contributed by atoms with Gasteiger partial charge in [0.2, 0.25) is 11.8 Å². The van der Waals surface area contributed by atoms with Crippen LogP contribution in [0.25, 0.3) is 0 Å². The zero-order valence-electron chi connectivity index (χ0n) is 23.3. The summed E-state index contributed by atoms with van der Waals surface area (Å²) >= 11 is 1.67. The molecule has 2 aromatic rings. The van der Waals surface area contributed by atoms with E-state index in [9.17, 15) is 18.6 Å². The second-order valence-corrected chi connectivity index (χ2v) is 11.9. The minimum Gasteiger partial charge on any atom is -0.330 e. The molecule has 1 aromatic heterocycles. The summed E-state index contributed by atoms with van der Waals surface area (Å²) in [6.45, 7) is 9.90. The molecule has 1 N–H and O–H groups in total. The number of hydrogen-bond donors (Lipinski definition) is 1. The monoisotopic (exact) mass is 562 g/mol. The van der Waals surface area contributed by atoms with Gasteiger partial charge in [-0.2, -0.15) is 0 Å². The van der Waals surface area contributed by atoms with Gasteiger partial charge in [0, 0.05) is 37.3 Å². The summed E-state index contributed by atoms with van der Waals surface area (Å²) in [4.78, 5) is 42.5. The van der Waals surface area contributed by atoms with Gasteiger partial charge in [-0.3, -0.25) is 19.4 Å². The van der Waals surface area contributed by atoms with Crippen molar-refractivity contribution in [2.24, 2.45) is 5.92 Å². The smallest absolute Gasteiger partial charge is 0.238 e. The molecular formula is C28H42N4O4S2. The molecule has 10 heteroatoms. The van der Waals surface area contributed by atoms with Crippen LogP contribution in [0.3, 0.4) is 0 Å². The quantitative estimate of drug-likeness (QED) is 0.499. The third-order valence-electron chi connectivity index (χ3n) is 6.52. The number of anilines is 1. The highest BCUT2D eigenvalue weighted by atomic mass is 32.2. The third kappa shape index (κ3) is 10.0. The Hall–Kier alpha value is -2.43. The van der Waals surface area contributed by atoms with E-state index in [2.05, 4.69) is 10.3 Å². The van der Waals surface area contributed by atoms with Crippen LogP contribution in [0.15, 0.2) is 40.7 Å². The fraction of sp³-hybridized carbons (Fsp3) is 0.571. The number of amides is 2. The Bertz CT molecular complexity index is 1040. The molecule has 1 saturated heterocycles. The van der Waals surface area contributed by atoms with Gasteiger partial charge in [0.05, 0.1) is 22.5 Å². The van der Waals surface area contributed by atoms with E-state index >= 15 is 0 Å². The minimum absolute atomic E-state index is 0.0362. The molecule has 2 amide bonds. The van der Waals surface area contributed by atoms with Gasteiger partial charge in [-0.15, -0.1) is 11.3 Å². The van der Waals surface area contributed by atoms with Crippen molar-refractivity contribution in [1.29, 1.82) is 0 Å². The first-order valence-corrected chi connectivity index (χ1v) is 15.4. The van der Waals surface area contributed by atoms with Gasteiger partial charge in [-0.1, -0.05) is 46.0 Å². The van der Waals surface area contributed by atoms with E-state index in [1.807, 2.05) is 26.2 Å². The number of piperazine rings is 1. The molecule has 1 aromatic carbocycles. The van der Waals surface area contributed by atoms with Crippen LogP contribution in [0.5, 0.6) is 0 Å². The zero-order valence-corrected chi connectivity index (χ0v) is 24.9. The van der Waals surface area contributed by atoms with Crippen molar-refractivity contribution in [3.8, 4) is 0 Å². The second-order valence-electron chi connectivity index (χ2n) is 9.32. The van der Waals surface area contributed by atoms with Crippen molar-refractivity contribution in [3.63, 3.8) is 0 Å². The molecule has 0 bridgehead atoms. The number of rotatable bonds is 7. The Morgan fingerprint density at radius 1 is 1.11 bits per heavy atom. The lowest BCUT2D eigenvalue weighted by atomic mass is 9.83. The van der Waals surface area contributed by atoms with Crippen LogP contribution in [0.1, 0.15) is 71.2 Å². The Morgan fingerprint density at radius 3 is 2.24 bits per heavy atom. The third-order valence-corrected chi connectivity index (χ3v) is 8.68. The molecule has 1 aliphatic carbocycles. The Balaban J connectivity index is 0.000000548. The molecule has 2 heterocycles. The van der Waals surface area contributed by atoms with Crippen LogP contribution in [-0.4, -0.2) is 61.7 Å². The maximum Gasteiger partial charge on any atom is 0.238 e. The number of aryl methyl sites for hydroxylation is 1. The number of ketones is 1. The highest BCUT2D eigenvalue weighted by Crippen LogP contribution is 2.29. The lowest BCUT2D eigenvalue weighted by Crippen LogP contribution is -2.56. The van der Waals surface area contributed by atoms with E-state index in [1.54, 1.807) is 57.9 Å². The summed E-state index contributed by atoms with van der Waals surface area (Å²) in [7, 11) is -1.47. The number of hydrogen-bond acceptors (Lipinski definition) is 6. The SMILES string of the molecule is CC.CC(=O)Nc1ccc(S(=O)N2CCN(C(CC3CCCCC3)C(C)=O)C(=O)C2)cc1.Cc1nccs1. The van der Waals surface area contributed by atoms with Gasteiger partial charge in [0.25, 0.3) is 0 Å². The topological polar surface area (TPSA) is 99.7 Å². The molecule has 2 unspecified atom stereocenters. The van der Waals surface area contributed by atoms with Crippen molar-refractivity contribution in [2.45, 2.75) is 84.1 Å². The Morgan fingerprint density at radius 2 is 1.76 bits per heavy atom. The van der Waals surface area contributed by atoms with Crippen LogP contribution < -0.4 is 5.32 Å². The number of carbonyl (C=O) groups excluding carboxylic acids is 3. The van der Waals surface area contributed by atoms with Crippen LogP contribution in [0, 0.1) is 12.8 Å². The Kier molecular flexibility index (Phi) is 13.8. The molecule has 1 aliphatic heterocycles. The lowest BCUT2D eigenvalue weighted by Gasteiger charge is -2.39. The highest BCUT2D eigenvalue weighted by molar-refractivity contribution is 7.82. The average Bonchev–Trinajstić information content (AvgIpc) is 3.40. The number of thiazole rings is 1. The summed E-state index contributed by atoms with van der Waals surface area (Å²) in [6.07, 6.45) is 8.49. The van der Waals surface area contributed by atoms with Gasteiger partial charge < -0.3 is 10.2 Å². The summed E-state index contributed by atoms with van der Waals surface area (Å²) in [6, 6.07) is 6.41. The number of benzene rings is 1. The minimum atomic E-state index is -1.47. The van der Waals surface area contributed by atoms with E-state index in [-0.39, 0.29) is 30.2 Å². The molecule has 38 heavy (non-hydrogen) atoms. The van der Waals surface area contributed by atoms with Crippen LogP contribution in [-0.2, 0) is 25.4 Å². The maximum absolute atomic E-state index is 12.9. The molecule has 0 spiro atoms. The molecule has 2 atom stereocenters. The zero-order chi connectivity index (χ0) is 28.1. The highest BCUT2D eigenvalue weighted by Gasteiger charge is 2.35. The fourth-order valence-electron chi connectivity index (χ4n) is 4.69. The van der Waals surface area contributed by atoms with Crippen LogP contribution >= 0.6 is 11.3 Å². The van der Waals surface area contributed by atoms with Crippen molar-refractivity contribution in [2.75, 3.05) is 25.0 Å². The van der Waals surface area contributed by atoms with Crippen molar-refractivity contribution >= 4 is 45.6 Å². The lowest BCUT2D eigenvalue weighted by molar-refractivity contribution is -0.142. The number of carbonyl (C=O) groups is 3.